The van der Waals surface area contributed by atoms with Crippen molar-refractivity contribution in [3.05, 3.63) is 22.6 Å². The minimum atomic E-state index is -0.0455. The van der Waals surface area contributed by atoms with Crippen LogP contribution in [0.2, 0.25) is 0 Å². The molecule has 0 aliphatic carbocycles. The standard InChI is InChI=1S/C14H24N4O3/c1-20-8-4-15-3-2-5-18-14(19)11-13(12-16-18)17-6-9-21-10-7-17/h11-12,15H,2-10H2,1H3. The monoisotopic (exact) mass is 296 g/mol. The fourth-order valence-corrected chi connectivity index (χ4v) is 2.24. The maximum Gasteiger partial charge on any atom is 0.268 e. The number of morpholine rings is 1. The molecular formula is C14H24N4O3. The molecule has 1 aliphatic heterocycles. The lowest BCUT2D eigenvalue weighted by atomic mass is 10.3. The largest absolute Gasteiger partial charge is 0.383 e. The normalized spacial score (nSPS) is 15.4. The molecule has 0 spiro atoms. The quantitative estimate of drug-likeness (QED) is 0.665. The molecule has 21 heavy (non-hydrogen) atoms. The molecule has 118 valence electrons. The van der Waals surface area contributed by atoms with E-state index in [4.69, 9.17) is 9.47 Å². The molecule has 2 rings (SSSR count). The summed E-state index contributed by atoms with van der Waals surface area (Å²) >= 11 is 0. The molecule has 2 heterocycles. The summed E-state index contributed by atoms with van der Waals surface area (Å²) in [5.74, 6) is 0. The molecule has 1 fully saturated rings. The van der Waals surface area contributed by atoms with E-state index >= 15 is 0 Å². The molecule has 1 aliphatic rings. The Morgan fingerprint density at radius 1 is 1.38 bits per heavy atom. The Morgan fingerprint density at radius 3 is 2.90 bits per heavy atom. The van der Waals surface area contributed by atoms with E-state index in [9.17, 15) is 4.79 Å². The van der Waals surface area contributed by atoms with Crippen LogP contribution in [-0.4, -0.2) is 62.9 Å². The van der Waals surface area contributed by atoms with E-state index in [1.54, 1.807) is 19.4 Å². The van der Waals surface area contributed by atoms with Crippen LogP contribution >= 0.6 is 0 Å². The van der Waals surface area contributed by atoms with Gasteiger partial charge in [0.15, 0.2) is 0 Å². The summed E-state index contributed by atoms with van der Waals surface area (Å²) in [5, 5.41) is 7.51. The highest BCUT2D eigenvalue weighted by Crippen LogP contribution is 2.11. The molecule has 0 bridgehead atoms. The van der Waals surface area contributed by atoms with Gasteiger partial charge in [-0.15, -0.1) is 0 Å². The summed E-state index contributed by atoms with van der Waals surface area (Å²) in [6.45, 7) is 6.04. The summed E-state index contributed by atoms with van der Waals surface area (Å²) in [7, 11) is 1.68. The zero-order valence-corrected chi connectivity index (χ0v) is 12.6. The lowest BCUT2D eigenvalue weighted by molar-refractivity contribution is 0.122. The van der Waals surface area contributed by atoms with Gasteiger partial charge in [-0.2, -0.15) is 5.10 Å². The van der Waals surface area contributed by atoms with Crippen LogP contribution in [0.4, 0.5) is 5.69 Å². The second-order valence-corrected chi connectivity index (χ2v) is 4.97. The Kier molecular flexibility index (Phi) is 6.65. The highest BCUT2D eigenvalue weighted by Gasteiger charge is 2.12. The van der Waals surface area contributed by atoms with Crippen LogP contribution < -0.4 is 15.8 Å². The molecule has 1 aromatic rings. The van der Waals surface area contributed by atoms with E-state index in [1.807, 2.05) is 0 Å². The number of hydrogen-bond acceptors (Lipinski definition) is 6. The van der Waals surface area contributed by atoms with Crippen molar-refractivity contribution in [3.63, 3.8) is 0 Å². The molecule has 0 atom stereocenters. The number of nitrogens with one attached hydrogen (secondary N) is 1. The van der Waals surface area contributed by atoms with Crippen LogP contribution in [0, 0.1) is 0 Å². The van der Waals surface area contributed by atoms with Gasteiger partial charge in [0.25, 0.3) is 5.56 Å². The smallest absolute Gasteiger partial charge is 0.268 e. The van der Waals surface area contributed by atoms with Crippen LogP contribution in [0.5, 0.6) is 0 Å². The van der Waals surface area contributed by atoms with Crippen molar-refractivity contribution in [3.8, 4) is 0 Å². The maximum atomic E-state index is 12.1. The van der Waals surface area contributed by atoms with Gasteiger partial charge in [0, 0.05) is 39.4 Å². The molecule has 0 radical (unpaired) electrons. The fourth-order valence-electron chi connectivity index (χ4n) is 2.24. The zero-order chi connectivity index (χ0) is 14.9. The fraction of sp³-hybridized carbons (Fsp3) is 0.714. The van der Waals surface area contributed by atoms with Gasteiger partial charge in [0.05, 0.1) is 31.7 Å². The SMILES string of the molecule is COCCNCCCn1ncc(N2CCOCC2)cc1=O. The highest BCUT2D eigenvalue weighted by molar-refractivity contribution is 5.43. The highest BCUT2D eigenvalue weighted by atomic mass is 16.5. The van der Waals surface area contributed by atoms with Gasteiger partial charge in [-0.25, -0.2) is 4.68 Å². The van der Waals surface area contributed by atoms with E-state index in [2.05, 4.69) is 15.3 Å². The van der Waals surface area contributed by atoms with E-state index in [0.717, 1.165) is 38.3 Å². The summed E-state index contributed by atoms with van der Waals surface area (Å²) in [6.07, 6.45) is 2.64. The second-order valence-electron chi connectivity index (χ2n) is 4.97. The van der Waals surface area contributed by atoms with Gasteiger partial charge in [-0.1, -0.05) is 0 Å². The van der Waals surface area contributed by atoms with Crippen LogP contribution in [0.15, 0.2) is 17.1 Å². The van der Waals surface area contributed by atoms with Crippen molar-refractivity contribution in [1.29, 1.82) is 0 Å². The van der Waals surface area contributed by atoms with Crippen molar-refractivity contribution in [1.82, 2.24) is 15.1 Å². The Labute approximate surface area is 124 Å². The van der Waals surface area contributed by atoms with Gasteiger partial charge < -0.3 is 19.7 Å². The van der Waals surface area contributed by atoms with Crippen molar-refractivity contribution >= 4 is 5.69 Å². The number of methoxy groups -OCH3 is 1. The summed E-state index contributed by atoms with van der Waals surface area (Å²) < 4.78 is 11.8. The third kappa shape index (κ3) is 5.11. The molecule has 1 N–H and O–H groups in total. The third-order valence-corrected chi connectivity index (χ3v) is 3.44. The minimum Gasteiger partial charge on any atom is -0.383 e. The van der Waals surface area contributed by atoms with Crippen LogP contribution in [0.25, 0.3) is 0 Å². The number of ether oxygens (including phenoxy) is 2. The van der Waals surface area contributed by atoms with Gasteiger partial charge in [0.1, 0.15) is 0 Å². The average molecular weight is 296 g/mol. The molecule has 0 saturated carbocycles. The lowest BCUT2D eigenvalue weighted by Crippen LogP contribution is -2.37. The number of aryl methyl sites for hydroxylation is 1. The molecule has 0 amide bonds. The maximum absolute atomic E-state index is 12.1. The summed E-state index contributed by atoms with van der Waals surface area (Å²) in [6, 6.07) is 1.66. The van der Waals surface area contributed by atoms with Gasteiger partial charge in [-0.3, -0.25) is 4.79 Å². The van der Waals surface area contributed by atoms with Gasteiger partial charge in [0.2, 0.25) is 0 Å². The Morgan fingerprint density at radius 2 is 2.19 bits per heavy atom. The first-order chi connectivity index (χ1) is 10.3. The van der Waals surface area contributed by atoms with E-state index < -0.39 is 0 Å². The molecule has 0 aromatic carbocycles. The van der Waals surface area contributed by atoms with E-state index in [-0.39, 0.29) is 5.56 Å². The molecule has 7 nitrogen and oxygen atoms in total. The Hall–Kier alpha value is -1.44. The number of rotatable bonds is 8. The van der Waals surface area contributed by atoms with Crippen molar-refractivity contribution in [2.75, 3.05) is 58.0 Å². The third-order valence-electron chi connectivity index (χ3n) is 3.44. The van der Waals surface area contributed by atoms with E-state index in [0.29, 0.717) is 26.4 Å². The lowest BCUT2D eigenvalue weighted by Gasteiger charge is -2.28. The van der Waals surface area contributed by atoms with Crippen molar-refractivity contribution < 1.29 is 9.47 Å². The molecule has 1 aromatic heterocycles. The number of anilines is 1. The van der Waals surface area contributed by atoms with Gasteiger partial charge in [-0.05, 0) is 13.0 Å². The number of aromatic nitrogens is 2. The van der Waals surface area contributed by atoms with Crippen LogP contribution in [-0.2, 0) is 16.0 Å². The van der Waals surface area contributed by atoms with E-state index in [1.165, 1.54) is 4.68 Å². The molecular weight excluding hydrogens is 272 g/mol. The molecule has 7 heteroatoms. The topological polar surface area (TPSA) is 68.6 Å². The summed E-state index contributed by atoms with van der Waals surface area (Å²) in [4.78, 5) is 14.2. The Balaban J connectivity index is 1.80. The predicted molar refractivity (Wildman–Crippen MR) is 80.9 cm³/mol. The first kappa shape index (κ1) is 15.9. The van der Waals surface area contributed by atoms with Crippen molar-refractivity contribution in [2.24, 2.45) is 0 Å². The average Bonchev–Trinajstić information content (AvgIpc) is 2.53. The zero-order valence-electron chi connectivity index (χ0n) is 12.6. The first-order valence-electron chi connectivity index (χ1n) is 7.41. The summed E-state index contributed by atoms with van der Waals surface area (Å²) in [5.41, 5.74) is 0.841. The number of nitrogens with zero attached hydrogens (tertiary/aromatic N) is 3. The van der Waals surface area contributed by atoms with Gasteiger partial charge >= 0.3 is 0 Å². The van der Waals surface area contributed by atoms with Crippen LogP contribution in [0.1, 0.15) is 6.42 Å². The predicted octanol–water partition coefficient (Wildman–Crippen LogP) is -0.294. The molecule has 0 unspecified atom stereocenters. The minimum absolute atomic E-state index is 0.0455. The molecule has 1 saturated heterocycles. The second kappa shape index (κ2) is 8.76. The number of hydrogen-bond donors (Lipinski definition) is 1. The van der Waals surface area contributed by atoms with Crippen LogP contribution in [0.3, 0.4) is 0 Å². The van der Waals surface area contributed by atoms with Crippen molar-refractivity contribution in [2.45, 2.75) is 13.0 Å². The first-order valence-corrected chi connectivity index (χ1v) is 7.41. The Bertz CT molecular complexity index is 472.